The number of benzene rings is 1. The summed E-state index contributed by atoms with van der Waals surface area (Å²) in [6.07, 6.45) is 6.22. The van der Waals surface area contributed by atoms with Gasteiger partial charge in [0.15, 0.2) is 0 Å². The summed E-state index contributed by atoms with van der Waals surface area (Å²) in [5.41, 5.74) is 8.22. The van der Waals surface area contributed by atoms with Crippen molar-refractivity contribution >= 4 is 22.6 Å². The average Bonchev–Trinajstić information content (AvgIpc) is 2.95. The zero-order valence-corrected chi connectivity index (χ0v) is 12.1. The normalized spacial score (nSPS) is 17.8. The maximum Gasteiger partial charge on any atom is 0.224 e. The lowest BCUT2D eigenvalue weighted by Crippen LogP contribution is -2.36. The van der Waals surface area contributed by atoms with Crippen LogP contribution in [0.1, 0.15) is 38.5 Å². The van der Waals surface area contributed by atoms with Gasteiger partial charge in [-0.1, -0.05) is 19.3 Å². The van der Waals surface area contributed by atoms with Crippen LogP contribution >= 0.6 is 0 Å². The molecule has 4 N–H and O–H groups in total. The Morgan fingerprint density at radius 2 is 2.00 bits per heavy atom. The summed E-state index contributed by atoms with van der Waals surface area (Å²) in [4.78, 5) is 12.3. The maximum atomic E-state index is 12.3. The molecule has 2 aromatic rings. The van der Waals surface area contributed by atoms with Crippen LogP contribution in [0.2, 0.25) is 0 Å². The number of fused-ring (bicyclic) bond motifs is 1. The molecule has 1 heterocycles. The van der Waals surface area contributed by atoms with Crippen molar-refractivity contribution in [2.75, 3.05) is 11.9 Å². The predicted octanol–water partition coefficient (Wildman–Crippen LogP) is 2.20. The van der Waals surface area contributed by atoms with E-state index in [4.69, 9.17) is 5.73 Å². The van der Waals surface area contributed by atoms with Crippen molar-refractivity contribution in [2.24, 2.45) is 11.1 Å². The largest absolute Gasteiger partial charge is 0.330 e. The number of aromatic amines is 1. The molecule has 0 atom stereocenters. The first kappa shape index (κ1) is 14.0. The smallest absolute Gasteiger partial charge is 0.224 e. The SMILES string of the molecule is NCC1(CC(=O)Nc2ccc3n[nH]nc3c2)CCCCC1. The minimum atomic E-state index is -0.0136. The van der Waals surface area contributed by atoms with Crippen molar-refractivity contribution in [1.82, 2.24) is 15.4 Å². The van der Waals surface area contributed by atoms with Gasteiger partial charge in [-0.25, -0.2) is 0 Å². The van der Waals surface area contributed by atoms with Crippen molar-refractivity contribution in [3.8, 4) is 0 Å². The summed E-state index contributed by atoms with van der Waals surface area (Å²) < 4.78 is 0. The van der Waals surface area contributed by atoms with Gasteiger partial charge in [-0.05, 0) is 43.0 Å². The summed E-state index contributed by atoms with van der Waals surface area (Å²) in [7, 11) is 0. The van der Waals surface area contributed by atoms with E-state index in [0.717, 1.165) is 29.6 Å². The van der Waals surface area contributed by atoms with E-state index in [1.807, 2.05) is 18.2 Å². The molecule has 1 aliphatic rings. The molecule has 21 heavy (non-hydrogen) atoms. The van der Waals surface area contributed by atoms with Gasteiger partial charge >= 0.3 is 0 Å². The van der Waals surface area contributed by atoms with E-state index < -0.39 is 0 Å². The minimum Gasteiger partial charge on any atom is -0.330 e. The highest BCUT2D eigenvalue weighted by Crippen LogP contribution is 2.38. The van der Waals surface area contributed by atoms with Crippen molar-refractivity contribution < 1.29 is 4.79 Å². The molecular weight excluding hydrogens is 266 g/mol. The van der Waals surface area contributed by atoms with Crippen molar-refractivity contribution in [3.05, 3.63) is 18.2 Å². The average molecular weight is 287 g/mol. The number of carbonyl (C=O) groups is 1. The third-order valence-corrected chi connectivity index (χ3v) is 4.48. The number of nitrogens with one attached hydrogen (secondary N) is 2. The Labute approximate surface area is 123 Å². The van der Waals surface area contributed by atoms with Gasteiger partial charge in [0.25, 0.3) is 0 Å². The number of anilines is 1. The molecule has 0 spiro atoms. The second kappa shape index (κ2) is 5.81. The predicted molar refractivity (Wildman–Crippen MR) is 81.7 cm³/mol. The number of hydrogen-bond acceptors (Lipinski definition) is 4. The fourth-order valence-electron chi connectivity index (χ4n) is 3.22. The van der Waals surface area contributed by atoms with E-state index in [1.54, 1.807) is 0 Å². The van der Waals surface area contributed by atoms with Gasteiger partial charge in [-0.3, -0.25) is 4.79 Å². The Kier molecular flexibility index (Phi) is 3.88. The molecule has 1 aromatic heterocycles. The molecule has 0 bridgehead atoms. The summed E-state index contributed by atoms with van der Waals surface area (Å²) in [5, 5.41) is 13.5. The van der Waals surface area contributed by atoms with E-state index in [2.05, 4.69) is 20.7 Å². The highest BCUT2D eigenvalue weighted by atomic mass is 16.1. The van der Waals surface area contributed by atoms with E-state index >= 15 is 0 Å². The topological polar surface area (TPSA) is 96.7 Å². The number of H-pyrrole nitrogens is 1. The molecule has 1 aromatic carbocycles. The molecule has 0 radical (unpaired) electrons. The first-order chi connectivity index (χ1) is 10.2. The lowest BCUT2D eigenvalue weighted by molar-refractivity contribution is -0.118. The van der Waals surface area contributed by atoms with Gasteiger partial charge in [-0.15, -0.1) is 0 Å². The molecule has 6 heteroatoms. The fourth-order valence-corrected chi connectivity index (χ4v) is 3.22. The summed E-state index contributed by atoms with van der Waals surface area (Å²) >= 11 is 0. The Hall–Kier alpha value is -1.95. The van der Waals surface area contributed by atoms with E-state index in [0.29, 0.717) is 13.0 Å². The summed E-state index contributed by atoms with van der Waals surface area (Å²) in [6, 6.07) is 5.51. The number of rotatable bonds is 4. The maximum absolute atomic E-state index is 12.3. The number of nitrogens with zero attached hydrogens (tertiary/aromatic N) is 2. The second-order valence-electron chi connectivity index (χ2n) is 6.02. The van der Waals surface area contributed by atoms with Crippen LogP contribution in [0.15, 0.2) is 18.2 Å². The molecule has 1 aliphatic carbocycles. The van der Waals surface area contributed by atoms with Gasteiger partial charge in [0.1, 0.15) is 11.0 Å². The highest BCUT2D eigenvalue weighted by Gasteiger charge is 2.32. The van der Waals surface area contributed by atoms with Gasteiger partial charge in [0, 0.05) is 12.1 Å². The molecule has 112 valence electrons. The Bertz CT molecular complexity index is 630. The second-order valence-corrected chi connectivity index (χ2v) is 6.02. The van der Waals surface area contributed by atoms with Crippen LogP contribution in [0.3, 0.4) is 0 Å². The third kappa shape index (κ3) is 3.05. The zero-order chi connectivity index (χ0) is 14.7. The first-order valence-corrected chi connectivity index (χ1v) is 7.51. The molecular formula is C15H21N5O. The molecule has 3 rings (SSSR count). The van der Waals surface area contributed by atoms with Crippen LogP contribution in [-0.2, 0) is 4.79 Å². The zero-order valence-electron chi connectivity index (χ0n) is 12.1. The molecule has 0 aliphatic heterocycles. The van der Waals surface area contributed by atoms with Crippen molar-refractivity contribution in [1.29, 1.82) is 0 Å². The first-order valence-electron chi connectivity index (χ1n) is 7.51. The van der Waals surface area contributed by atoms with E-state index in [1.165, 1.54) is 19.3 Å². The molecule has 0 unspecified atom stereocenters. The van der Waals surface area contributed by atoms with E-state index in [9.17, 15) is 4.79 Å². The molecule has 1 amide bonds. The van der Waals surface area contributed by atoms with Gasteiger partial charge < -0.3 is 11.1 Å². The molecule has 6 nitrogen and oxygen atoms in total. The van der Waals surface area contributed by atoms with Crippen LogP contribution in [-0.4, -0.2) is 27.9 Å². The standard InChI is InChI=1S/C15H21N5O/c16-10-15(6-2-1-3-7-15)9-14(21)17-11-4-5-12-13(8-11)19-20-18-12/h4-5,8H,1-3,6-7,9-10,16H2,(H,17,21)(H,18,19,20). The number of amides is 1. The monoisotopic (exact) mass is 287 g/mol. The van der Waals surface area contributed by atoms with Crippen LogP contribution < -0.4 is 11.1 Å². The number of carbonyl (C=O) groups excluding carboxylic acids is 1. The van der Waals surface area contributed by atoms with Gasteiger partial charge in [0.2, 0.25) is 5.91 Å². The number of aromatic nitrogens is 3. The quantitative estimate of drug-likeness (QED) is 0.803. The Morgan fingerprint density at radius 1 is 1.24 bits per heavy atom. The summed E-state index contributed by atoms with van der Waals surface area (Å²) in [6.45, 7) is 0.586. The van der Waals surface area contributed by atoms with Crippen molar-refractivity contribution in [2.45, 2.75) is 38.5 Å². The highest BCUT2D eigenvalue weighted by molar-refractivity contribution is 5.93. The minimum absolute atomic E-state index is 0.0136. The number of hydrogen-bond donors (Lipinski definition) is 3. The lowest BCUT2D eigenvalue weighted by Gasteiger charge is -2.35. The molecule has 1 fully saturated rings. The molecule has 1 saturated carbocycles. The van der Waals surface area contributed by atoms with Crippen molar-refractivity contribution in [3.63, 3.8) is 0 Å². The van der Waals surface area contributed by atoms with Crippen LogP contribution in [0, 0.1) is 5.41 Å². The fraction of sp³-hybridized carbons (Fsp3) is 0.533. The Morgan fingerprint density at radius 3 is 2.76 bits per heavy atom. The van der Waals surface area contributed by atoms with Crippen LogP contribution in [0.5, 0.6) is 0 Å². The van der Waals surface area contributed by atoms with Gasteiger partial charge in [0.05, 0.1) is 0 Å². The van der Waals surface area contributed by atoms with Crippen LogP contribution in [0.4, 0.5) is 5.69 Å². The van der Waals surface area contributed by atoms with Gasteiger partial charge in [-0.2, -0.15) is 15.4 Å². The van der Waals surface area contributed by atoms with Crippen LogP contribution in [0.25, 0.3) is 11.0 Å². The summed E-state index contributed by atoms with van der Waals surface area (Å²) in [5.74, 6) is 0.0326. The van der Waals surface area contributed by atoms with E-state index in [-0.39, 0.29) is 11.3 Å². The third-order valence-electron chi connectivity index (χ3n) is 4.48. The lowest BCUT2D eigenvalue weighted by atomic mass is 9.71. The molecule has 0 saturated heterocycles. The Balaban J connectivity index is 1.67. The number of nitrogens with two attached hydrogens (primary N) is 1.